The highest BCUT2D eigenvalue weighted by Gasteiger charge is 2.05. The smallest absolute Gasteiger partial charge is 0.0245 e. The second-order valence-electron chi connectivity index (χ2n) is 4.13. The third-order valence-corrected chi connectivity index (χ3v) is 2.02. The SMILES string of the molecule is CC(C)Cn1cccc1C(C)C. The summed E-state index contributed by atoms with van der Waals surface area (Å²) < 4.78 is 2.36. The Bertz CT molecular complexity index is 233. The fourth-order valence-electron chi connectivity index (χ4n) is 1.51. The lowest BCUT2D eigenvalue weighted by molar-refractivity contribution is 0.504. The molecule has 0 bridgehead atoms. The normalized spacial score (nSPS) is 11.5. The monoisotopic (exact) mass is 165 g/mol. The van der Waals surface area contributed by atoms with Crippen molar-refractivity contribution in [3.63, 3.8) is 0 Å². The molecule has 1 aromatic rings. The molecule has 1 rings (SSSR count). The van der Waals surface area contributed by atoms with Crippen molar-refractivity contribution >= 4 is 0 Å². The van der Waals surface area contributed by atoms with Crippen molar-refractivity contribution in [3.8, 4) is 0 Å². The third kappa shape index (κ3) is 2.13. The Morgan fingerprint density at radius 1 is 1.25 bits per heavy atom. The van der Waals surface area contributed by atoms with E-state index in [1.807, 2.05) is 0 Å². The van der Waals surface area contributed by atoms with Crippen molar-refractivity contribution < 1.29 is 0 Å². The van der Waals surface area contributed by atoms with Crippen LogP contribution in [0.5, 0.6) is 0 Å². The molecule has 0 aromatic carbocycles. The lowest BCUT2D eigenvalue weighted by Gasteiger charge is -2.13. The summed E-state index contributed by atoms with van der Waals surface area (Å²) in [7, 11) is 0. The molecule has 0 aliphatic carbocycles. The molecule has 0 atom stereocenters. The summed E-state index contributed by atoms with van der Waals surface area (Å²) in [6, 6.07) is 4.35. The molecule has 1 aromatic heterocycles. The van der Waals surface area contributed by atoms with Gasteiger partial charge in [0.15, 0.2) is 0 Å². The van der Waals surface area contributed by atoms with Gasteiger partial charge in [-0.3, -0.25) is 0 Å². The van der Waals surface area contributed by atoms with Crippen LogP contribution in [0.1, 0.15) is 39.3 Å². The summed E-state index contributed by atoms with van der Waals surface area (Å²) in [5.41, 5.74) is 1.45. The molecular weight excluding hydrogens is 146 g/mol. The minimum Gasteiger partial charge on any atom is -0.351 e. The third-order valence-electron chi connectivity index (χ3n) is 2.02. The summed E-state index contributed by atoms with van der Waals surface area (Å²) in [6.07, 6.45) is 2.18. The Labute approximate surface area is 75.4 Å². The van der Waals surface area contributed by atoms with Gasteiger partial charge in [0.05, 0.1) is 0 Å². The molecule has 0 spiro atoms. The first-order valence-corrected chi connectivity index (χ1v) is 4.76. The molecule has 0 unspecified atom stereocenters. The van der Waals surface area contributed by atoms with Crippen molar-refractivity contribution in [2.24, 2.45) is 5.92 Å². The maximum absolute atomic E-state index is 2.36. The number of hydrogen-bond acceptors (Lipinski definition) is 0. The lowest BCUT2D eigenvalue weighted by atomic mass is 10.1. The van der Waals surface area contributed by atoms with E-state index in [0.29, 0.717) is 5.92 Å². The molecule has 12 heavy (non-hydrogen) atoms. The summed E-state index contributed by atoms with van der Waals surface area (Å²) in [6.45, 7) is 10.1. The number of nitrogens with zero attached hydrogens (tertiary/aromatic N) is 1. The average Bonchev–Trinajstić information content (AvgIpc) is 2.33. The van der Waals surface area contributed by atoms with E-state index >= 15 is 0 Å². The van der Waals surface area contributed by atoms with Gasteiger partial charge in [-0.05, 0) is 24.0 Å². The molecule has 0 saturated carbocycles. The van der Waals surface area contributed by atoms with E-state index in [2.05, 4.69) is 50.6 Å². The van der Waals surface area contributed by atoms with Gasteiger partial charge in [0.2, 0.25) is 0 Å². The molecule has 1 heterocycles. The van der Waals surface area contributed by atoms with Crippen molar-refractivity contribution in [2.75, 3.05) is 0 Å². The Morgan fingerprint density at radius 2 is 1.92 bits per heavy atom. The molecule has 0 aliphatic rings. The number of hydrogen-bond donors (Lipinski definition) is 0. The Morgan fingerprint density at radius 3 is 2.42 bits per heavy atom. The minimum absolute atomic E-state index is 0.638. The van der Waals surface area contributed by atoms with Crippen molar-refractivity contribution in [1.29, 1.82) is 0 Å². The highest BCUT2D eigenvalue weighted by atomic mass is 15.0. The largest absolute Gasteiger partial charge is 0.351 e. The molecule has 0 amide bonds. The van der Waals surface area contributed by atoms with Gasteiger partial charge in [-0.25, -0.2) is 0 Å². The molecule has 0 saturated heterocycles. The summed E-state index contributed by atoms with van der Waals surface area (Å²) in [5.74, 6) is 1.37. The van der Waals surface area contributed by atoms with Crippen LogP contribution in [-0.2, 0) is 6.54 Å². The summed E-state index contributed by atoms with van der Waals surface area (Å²) in [4.78, 5) is 0. The van der Waals surface area contributed by atoms with Crippen LogP contribution in [0.3, 0.4) is 0 Å². The van der Waals surface area contributed by atoms with Gasteiger partial charge in [-0.2, -0.15) is 0 Å². The molecule has 0 radical (unpaired) electrons. The second-order valence-corrected chi connectivity index (χ2v) is 4.13. The van der Waals surface area contributed by atoms with Crippen LogP contribution in [0.25, 0.3) is 0 Å². The van der Waals surface area contributed by atoms with E-state index in [1.165, 1.54) is 5.69 Å². The van der Waals surface area contributed by atoms with E-state index in [1.54, 1.807) is 0 Å². The molecule has 1 heteroatoms. The molecule has 0 fully saturated rings. The van der Waals surface area contributed by atoms with Crippen molar-refractivity contribution in [2.45, 2.75) is 40.2 Å². The van der Waals surface area contributed by atoms with E-state index in [4.69, 9.17) is 0 Å². The van der Waals surface area contributed by atoms with Gasteiger partial charge in [-0.15, -0.1) is 0 Å². The van der Waals surface area contributed by atoms with E-state index < -0.39 is 0 Å². The van der Waals surface area contributed by atoms with E-state index in [-0.39, 0.29) is 0 Å². The average molecular weight is 165 g/mol. The van der Waals surface area contributed by atoms with Gasteiger partial charge in [0.1, 0.15) is 0 Å². The predicted octanol–water partition coefficient (Wildman–Crippen LogP) is 3.27. The van der Waals surface area contributed by atoms with E-state index in [9.17, 15) is 0 Å². The van der Waals surface area contributed by atoms with Crippen LogP contribution in [0, 0.1) is 5.92 Å². The Hall–Kier alpha value is -0.720. The predicted molar refractivity (Wildman–Crippen MR) is 53.4 cm³/mol. The first kappa shape index (κ1) is 9.37. The maximum Gasteiger partial charge on any atom is 0.0245 e. The van der Waals surface area contributed by atoms with Crippen LogP contribution >= 0.6 is 0 Å². The lowest BCUT2D eigenvalue weighted by Crippen LogP contribution is -2.07. The molecule has 1 nitrogen and oxygen atoms in total. The van der Waals surface area contributed by atoms with Crippen LogP contribution in [0.15, 0.2) is 18.3 Å². The van der Waals surface area contributed by atoms with Crippen LogP contribution in [-0.4, -0.2) is 4.57 Å². The zero-order chi connectivity index (χ0) is 9.14. The molecular formula is C11H19N. The zero-order valence-corrected chi connectivity index (χ0v) is 8.54. The highest BCUT2D eigenvalue weighted by Crippen LogP contribution is 2.16. The van der Waals surface area contributed by atoms with Gasteiger partial charge >= 0.3 is 0 Å². The minimum atomic E-state index is 0.638. The van der Waals surface area contributed by atoms with Gasteiger partial charge < -0.3 is 4.57 Å². The Kier molecular flexibility index (Phi) is 2.96. The second kappa shape index (κ2) is 3.79. The fourth-order valence-corrected chi connectivity index (χ4v) is 1.51. The van der Waals surface area contributed by atoms with Gasteiger partial charge in [-0.1, -0.05) is 27.7 Å². The topological polar surface area (TPSA) is 4.93 Å². The molecule has 0 N–H and O–H groups in total. The summed E-state index contributed by atoms with van der Waals surface area (Å²) >= 11 is 0. The quantitative estimate of drug-likeness (QED) is 0.648. The summed E-state index contributed by atoms with van der Waals surface area (Å²) in [5, 5.41) is 0. The highest BCUT2D eigenvalue weighted by molar-refractivity contribution is 5.10. The van der Waals surface area contributed by atoms with Gasteiger partial charge in [0, 0.05) is 18.4 Å². The van der Waals surface area contributed by atoms with Gasteiger partial charge in [0.25, 0.3) is 0 Å². The van der Waals surface area contributed by atoms with Crippen molar-refractivity contribution in [3.05, 3.63) is 24.0 Å². The molecule has 0 aliphatic heterocycles. The van der Waals surface area contributed by atoms with Crippen molar-refractivity contribution in [1.82, 2.24) is 4.57 Å². The zero-order valence-electron chi connectivity index (χ0n) is 8.54. The maximum atomic E-state index is 2.36. The number of aromatic nitrogens is 1. The fraction of sp³-hybridized carbons (Fsp3) is 0.636. The van der Waals surface area contributed by atoms with Crippen LogP contribution in [0.2, 0.25) is 0 Å². The standard InChI is InChI=1S/C11H19N/c1-9(2)8-12-7-5-6-11(12)10(3)4/h5-7,9-10H,8H2,1-4H3. The van der Waals surface area contributed by atoms with Crippen LogP contribution in [0.4, 0.5) is 0 Å². The first-order chi connectivity index (χ1) is 5.61. The molecule has 68 valence electrons. The number of rotatable bonds is 3. The van der Waals surface area contributed by atoms with E-state index in [0.717, 1.165) is 12.5 Å². The van der Waals surface area contributed by atoms with Crippen LogP contribution < -0.4 is 0 Å². The Balaban J connectivity index is 2.77. The first-order valence-electron chi connectivity index (χ1n) is 4.76.